The zero-order valence-electron chi connectivity index (χ0n) is 18.7. The van der Waals surface area contributed by atoms with Crippen molar-refractivity contribution in [3.63, 3.8) is 0 Å². The van der Waals surface area contributed by atoms with E-state index in [1.54, 1.807) is 6.07 Å². The molecule has 0 aliphatic carbocycles. The molecule has 5 aromatic rings. The minimum atomic E-state index is -0.376. The van der Waals surface area contributed by atoms with Crippen LogP contribution >= 0.6 is 12.2 Å². The number of carbonyl (C=O) groups is 1. The smallest absolute Gasteiger partial charge is 0.340 e. The Morgan fingerprint density at radius 1 is 1.03 bits per heavy atom. The van der Waals surface area contributed by atoms with Crippen LogP contribution in [0.5, 0.6) is 0 Å². The number of rotatable bonds is 6. The van der Waals surface area contributed by atoms with E-state index in [1.165, 1.54) is 7.11 Å². The van der Waals surface area contributed by atoms with E-state index in [9.17, 15) is 4.79 Å². The fourth-order valence-corrected chi connectivity index (χ4v) is 4.23. The number of aromatic amines is 2. The molecule has 0 saturated carbocycles. The Hall–Kier alpha value is -4.04. The largest absolute Gasteiger partial charge is 0.465 e. The Balaban J connectivity index is 1.48. The number of imidazole rings is 1. The molecule has 3 aromatic carbocycles. The van der Waals surface area contributed by atoms with Gasteiger partial charge in [-0.2, -0.15) is 4.98 Å². The van der Waals surface area contributed by atoms with Crippen molar-refractivity contribution in [2.45, 2.75) is 19.8 Å². The summed E-state index contributed by atoms with van der Waals surface area (Å²) in [5.74, 6) is 1.06. The van der Waals surface area contributed by atoms with Gasteiger partial charge in [0.25, 0.3) is 0 Å². The molecule has 170 valence electrons. The minimum Gasteiger partial charge on any atom is -0.465 e. The third-order valence-corrected chi connectivity index (χ3v) is 5.97. The first-order valence-corrected chi connectivity index (χ1v) is 11.3. The molecule has 0 amide bonds. The average molecular weight is 471 g/mol. The lowest BCUT2D eigenvalue weighted by Gasteiger charge is -2.09. The Labute approximate surface area is 200 Å². The van der Waals surface area contributed by atoms with Crippen LogP contribution in [0.1, 0.15) is 34.2 Å². The Morgan fingerprint density at radius 3 is 2.47 bits per heavy atom. The molecule has 0 aliphatic rings. The van der Waals surface area contributed by atoms with Crippen LogP contribution in [0, 0.1) is 4.84 Å². The Kier molecular flexibility index (Phi) is 5.81. The molecule has 2 aromatic heterocycles. The molecular formula is C26H22N4O3S. The number of fused-ring (bicyclic) bond motifs is 1. The quantitative estimate of drug-likeness (QED) is 0.238. The molecule has 0 aliphatic heterocycles. The van der Waals surface area contributed by atoms with E-state index in [2.05, 4.69) is 39.4 Å². The molecule has 2 heterocycles. The van der Waals surface area contributed by atoms with Gasteiger partial charge in [0.05, 0.1) is 23.7 Å². The number of carbonyl (C=O) groups excluding carboxylic acids is 1. The van der Waals surface area contributed by atoms with Gasteiger partial charge in [0.15, 0.2) is 5.82 Å². The monoisotopic (exact) mass is 470 g/mol. The van der Waals surface area contributed by atoms with E-state index in [1.807, 2.05) is 37.3 Å². The highest BCUT2D eigenvalue weighted by Gasteiger charge is 2.17. The summed E-state index contributed by atoms with van der Waals surface area (Å²) < 4.78 is 10.1. The summed E-state index contributed by atoms with van der Waals surface area (Å²) in [6.07, 6.45) is 1.43. The van der Waals surface area contributed by atoms with Gasteiger partial charge in [0.2, 0.25) is 0 Å². The number of methoxy groups -OCH3 is 1. The van der Waals surface area contributed by atoms with Crippen LogP contribution in [0.3, 0.4) is 0 Å². The highest BCUT2D eigenvalue weighted by Crippen LogP contribution is 2.31. The van der Waals surface area contributed by atoms with Gasteiger partial charge in [-0.3, -0.25) is 0 Å². The van der Waals surface area contributed by atoms with Crippen molar-refractivity contribution < 1.29 is 14.1 Å². The van der Waals surface area contributed by atoms with Crippen molar-refractivity contribution in [1.29, 1.82) is 0 Å². The lowest BCUT2D eigenvalue weighted by molar-refractivity contribution is 0.0603. The summed E-state index contributed by atoms with van der Waals surface area (Å²) in [5, 5.41) is 2.78. The molecule has 8 heteroatoms. The second-order valence-electron chi connectivity index (χ2n) is 7.87. The number of nitrogens with one attached hydrogen (secondary N) is 2. The van der Waals surface area contributed by atoms with Crippen molar-refractivity contribution in [3.05, 3.63) is 88.0 Å². The summed E-state index contributed by atoms with van der Waals surface area (Å²) in [5.41, 5.74) is 7.19. The normalized spacial score (nSPS) is 11.1. The van der Waals surface area contributed by atoms with E-state index in [4.69, 9.17) is 26.5 Å². The number of nitrogens with zero attached hydrogens (tertiary/aromatic N) is 2. The molecule has 5 rings (SSSR count). The number of ether oxygens (including phenoxy) is 1. The number of benzene rings is 3. The third-order valence-electron chi connectivity index (χ3n) is 5.80. The predicted octanol–water partition coefficient (Wildman–Crippen LogP) is 5.88. The number of H-pyrrole nitrogens is 2. The third kappa shape index (κ3) is 4.04. The topological polar surface area (TPSA) is 96.8 Å². The molecule has 0 bridgehead atoms. The van der Waals surface area contributed by atoms with Crippen LogP contribution in [-0.2, 0) is 17.6 Å². The summed E-state index contributed by atoms with van der Waals surface area (Å²) in [6, 6.07) is 20.1. The van der Waals surface area contributed by atoms with E-state index in [-0.39, 0.29) is 10.8 Å². The second-order valence-corrected chi connectivity index (χ2v) is 8.22. The van der Waals surface area contributed by atoms with Crippen molar-refractivity contribution >= 4 is 29.2 Å². The zero-order chi connectivity index (χ0) is 23.7. The number of aryl methyl sites for hydroxylation is 1. The van der Waals surface area contributed by atoms with Gasteiger partial charge in [0.1, 0.15) is 5.82 Å². The molecule has 0 spiro atoms. The van der Waals surface area contributed by atoms with Crippen molar-refractivity contribution in [2.75, 3.05) is 7.11 Å². The fraction of sp³-hybridized carbons (Fsp3) is 0.154. The van der Waals surface area contributed by atoms with E-state index in [0.29, 0.717) is 17.8 Å². The molecule has 2 N–H and O–H groups in total. The number of aromatic nitrogens is 4. The molecule has 0 atom stereocenters. The maximum Gasteiger partial charge on any atom is 0.340 e. The van der Waals surface area contributed by atoms with Crippen LogP contribution in [0.25, 0.3) is 33.5 Å². The summed E-state index contributed by atoms with van der Waals surface area (Å²) >= 11 is 5.00. The van der Waals surface area contributed by atoms with Gasteiger partial charge in [-0.25, -0.2) is 14.9 Å². The zero-order valence-corrected chi connectivity index (χ0v) is 19.5. The van der Waals surface area contributed by atoms with Crippen molar-refractivity contribution in [3.8, 4) is 22.5 Å². The first kappa shape index (κ1) is 21.8. The fourth-order valence-electron chi connectivity index (χ4n) is 4.09. The van der Waals surface area contributed by atoms with Crippen LogP contribution in [0.2, 0.25) is 0 Å². The first-order chi connectivity index (χ1) is 16.6. The van der Waals surface area contributed by atoms with Gasteiger partial charge < -0.3 is 14.2 Å². The highest BCUT2D eigenvalue weighted by atomic mass is 32.1. The van der Waals surface area contributed by atoms with E-state index in [0.717, 1.165) is 51.1 Å². The van der Waals surface area contributed by atoms with E-state index >= 15 is 0 Å². The number of hydrogen-bond acceptors (Lipinski definition) is 6. The van der Waals surface area contributed by atoms with Crippen LogP contribution < -0.4 is 0 Å². The Morgan fingerprint density at radius 2 is 1.79 bits per heavy atom. The van der Waals surface area contributed by atoms with Gasteiger partial charge in [-0.15, -0.1) is 0 Å². The van der Waals surface area contributed by atoms with Crippen molar-refractivity contribution in [2.24, 2.45) is 0 Å². The minimum absolute atomic E-state index is 0.175. The number of esters is 1. The summed E-state index contributed by atoms with van der Waals surface area (Å²) in [6.45, 7) is 2.03. The molecule has 0 saturated heterocycles. The van der Waals surface area contributed by atoms with Crippen LogP contribution in [-0.4, -0.2) is 33.2 Å². The lowest BCUT2D eigenvalue weighted by Crippen LogP contribution is -2.03. The van der Waals surface area contributed by atoms with Gasteiger partial charge in [-0.05, 0) is 47.0 Å². The molecule has 0 unspecified atom stereocenters. The molecule has 0 fully saturated rings. The van der Waals surface area contributed by atoms with Crippen LogP contribution in [0.15, 0.2) is 65.2 Å². The molecule has 34 heavy (non-hydrogen) atoms. The number of hydrogen-bond donors (Lipinski definition) is 2. The van der Waals surface area contributed by atoms with Gasteiger partial charge >= 0.3 is 10.8 Å². The van der Waals surface area contributed by atoms with Crippen LogP contribution in [0.4, 0.5) is 0 Å². The predicted molar refractivity (Wildman–Crippen MR) is 132 cm³/mol. The summed E-state index contributed by atoms with van der Waals surface area (Å²) in [7, 11) is 1.38. The first-order valence-electron chi connectivity index (χ1n) is 10.9. The Bertz CT molecular complexity index is 1550. The molecular weight excluding hydrogens is 448 g/mol. The maximum absolute atomic E-state index is 12.2. The van der Waals surface area contributed by atoms with Gasteiger partial charge in [0, 0.05) is 12.0 Å². The van der Waals surface area contributed by atoms with Gasteiger partial charge in [-0.1, -0.05) is 61.5 Å². The SMILES string of the molecule is CCc1nc2c(Cc3ccc(-c4ccccc4-c4nc(=S)o[nH]4)cc3)ccc(C(=O)OC)c2[nH]1. The average Bonchev–Trinajstić information content (AvgIpc) is 3.51. The lowest BCUT2D eigenvalue weighted by atomic mass is 9.96. The second kappa shape index (κ2) is 9.07. The standard InChI is InChI=1S/C26H22N4O3S/c1-3-21-27-22-17(12-13-20(23(22)28-21)25(31)32-2)14-15-8-10-16(11-9-15)18-6-4-5-7-19(18)24-29-26(34)33-30-24/h4-13H,3,14H2,1-2H3,(H,27,28)(H,29,30,34). The summed E-state index contributed by atoms with van der Waals surface area (Å²) in [4.78, 5) is 24.6. The van der Waals surface area contributed by atoms with Crippen molar-refractivity contribution in [1.82, 2.24) is 20.1 Å². The van der Waals surface area contributed by atoms with E-state index < -0.39 is 0 Å². The maximum atomic E-state index is 12.2. The highest BCUT2D eigenvalue weighted by molar-refractivity contribution is 7.71. The molecule has 7 nitrogen and oxygen atoms in total. The molecule has 0 radical (unpaired) electrons.